The fourth-order valence-electron chi connectivity index (χ4n) is 4.98. The fraction of sp³-hybridized carbons (Fsp3) is 0.821. The highest BCUT2D eigenvalue weighted by Gasteiger charge is 2.29. The maximum Gasteiger partial charge on any atom is 0.330 e. The number of H-pyrrole nitrogens is 1. The van der Waals surface area contributed by atoms with E-state index in [0.717, 1.165) is 25.8 Å². The summed E-state index contributed by atoms with van der Waals surface area (Å²) >= 11 is 0. The van der Waals surface area contributed by atoms with Gasteiger partial charge in [-0.1, -0.05) is 96.8 Å². The highest BCUT2D eigenvalue weighted by Crippen LogP contribution is 2.27. The molecular formula is C28H49N3O4. The Bertz CT molecular complexity index is 819. The maximum absolute atomic E-state index is 12.1. The van der Waals surface area contributed by atoms with E-state index in [0.29, 0.717) is 13.0 Å². The van der Waals surface area contributed by atoms with Crippen LogP contribution in [0, 0.1) is 0 Å². The summed E-state index contributed by atoms with van der Waals surface area (Å²) in [5.74, 6) is 0.0728. The number of hydrogen-bond donors (Lipinski definition) is 1. The number of nitrogens with zero attached hydrogens (tertiary/aromatic N) is 2. The van der Waals surface area contributed by atoms with Crippen LogP contribution in [0.3, 0.4) is 0 Å². The summed E-state index contributed by atoms with van der Waals surface area (Å²) < 4.78 is 7.45. The summed E-state index contributed by atoms with van der Waals surface area (Å²) in [6.45, 7) is 5.20. The third-order valence-electron chi connectivity index (χ3n) is 7.15. The molecule has 2 atom stereocenters. The second-order valence-electron chi connectivity index (χ2n) is 10.2. The number of aromatic amines is 1. The Hall–Kier alpha value is -1.89. The first kappa shape index (κ1) is 29.3. The van der Waals surface area contributed by atoms with Gasteiger partial charge in [0.2, 0.25) is 5.91 Å². The highest BCUT2D eigenvalue weighted by atomic mass is 16.5. The quantitative estimate of drug-likeness (QED) is 0.243. The van der Waals surface area contributed by atoms with E-state index in [1.165, 1.54) is 100 Å². The molecule has 1 amide bonds. The van der Waals surface area contributed by atoms with Gasteiger partial charge in [-0.25, -0.2) is 4.79 Å². The summed E-state index contributed by atoms with van der Waals surface area (Å²) in [4.78, 5) is 39.5. The number of ether oxygens (including phenoxy) is 1. The molecule has 1 N–H and O–H groups in total. The fourth-order valence-corrected chi connectivity index (χ4v) is 4.98. The van der Waals surface area contributed by atoms with Crippen molar-refractivity contribution in [1.82, 2.24) is 14.5 Å². The third kappa shape index (κ3) is 12.1. The summed E-state index contributed by atoms with van der Waals surface area (Å²) in [6, 6.07) is 1.33. The molecule has 1 aromatic heterocycles. The molecule has 200 valence electrons. The Morgan fingerprint density at radius 1 is 0.914 bits per heavy atom. The minimum atomic E-state index is -0.454. The first-order valence-corrected chi connectivity index (χ1v) is 14.2. The molecule has 0 aromatic carbocycles. The van der Waals surface area contributed by atoms with Gasteiger partial charge in [0.05, 0.1) is 6.10 Å². The van der Waals surface area contributed by atoms with Crippen LogP contribution in [0.15, 0.2) is 21.9 Å². The second-order valence-corrected chi connectivity index (χ2v) is 10.2. The van der Waals surface area contributed by atoms with Crippen LogP contribution >= 0.6 is 0 Å². The zero-order valence-corrected chi connectivity index (χ0v) is 22.3. The first-order valence-electron chi connectivity index (χ1n) is 14.2. The molecule has 35 heavy (non-hydrogen) atoms. The zero-order chi connectivity index (χ0) is 25.3. The smallest absolute Gasteiger partial charge is 0.330 e. The average Bonchev–Trinajstić information content (AvgIpc) is 3.29. The Morgan fingerprint density at radius 2 is 1.46 bits per heavy atom. The van der Waals surface area contributed by atoms with E-state index >= 15 is 0 Å². The van der Waals surface area contributed by atoms with Crippen molar-refractivity contribution in [2.24, 2.45) is 0 Å². The van der Waals surface area contributed by atoms with Crippen molar-refractivity contribution in [2.75, 3.05) is 13.1 Å². The molecule has 1 aliphatic heterocycles. The van der Waals surface area contributed by atoms with Crippen LogP contribution in [0.25, 0.3) is 0 Å². The van der Waals surface area contributed by atoms with E-state index in [4.69, 9.17) is 4.74 Å². The van der Waals surface area contributed by atoms with Crippen molar-refractivity contribution in [1.29, 1.82) is 0 Å². The Morgan fingerprint density at radius 3 is 1.97 bits per heavy atom. The normalized spacial score (nSPS) is 17.7. The van der Waals surface area contributed by atoms with Crippen LogP contribution in [-0.4, -0.2) is 39.6 Å². The number of carbonyl (C=O) groups is 1. The monoisotopic (exact) mass is 491 g/mol. The van der Waals surface area contributed by atoms with Gasteiger partial charge in [0.15, 0.2) is 0 Å². The molecule has 7 heteroatoms. The first-order chi connectivity index (χ1) is 17.0. The van der Waals surface area contributed by atoms with Crippen molar-refractivity contribution in [3.8, 4) is 0 Å². The predicted molar refractivity (Wildman–Crippen MR) is 142 cm³/mol. The number of carbonyl (C=O) groups excluding carboxylic acids is 1. The molecule has 2 rings (SSSR count). The van der Waals surface area contributed by atoms with Crippen LogP contribution in [0.2, 0.25) is 0 Å². The summed E-state index contributed by atoms with van der Waals surface area (Å²) in [7, 11) is 0. The van der Waals surface area contributed by atoms with Crippen LogP contribution < -0.4 is 11.2 Å². The van der Waals surface area contributed by atoms with Gasteiger partial charge in [0.25, 0.3) is 5.56 Å². The molecule has 0 bridgehead atoms. The summed E-state index contributed by atoms with van der Waals surface area (Å²) in [5, 5.41) is 0. The number of unbranched alkanes of at least 4 members (excludes halogenated alkanes) is 14. The summed E-state index contributed by atoms with van der Waals surface area (Å²) in [6.07, 6.45) is 22.4. The van der Waals surface area contributed by atoms with E-state index in [1.54, 1.807) is 6.92 Å². The van der Waals surface area contributed by atoms with Crippen LogP contribution in [0.4, 0.5) is 0 Å². The molecular weight excluding hydrogens is 442 g/mol. The molecule has 0 radical (unpaired) electrons. The average molecular weight is 492 g/mol. The molecule has 0 spiro atoms. The van der Waals surface area contributed by atoms with Gasteiger partial charge >= 0.3 is 5.69 Å². The Labute approximate surface area is 211 Å². The minimum absolute atomic E-state index is 0.0728. The molecule has 1 aliphatic rings. The van der Waals surface area contributed by atoms with E-state index < -0.39 is 11.2 Å². The molecule has 2 heterocycles. The van der Waals surface area contributed by atoms with Gasteiger partial charge in [0, 0.05) is 32.3 Å². The van der Waals surface area contributed by atoms with Crippen LogP contribution in [0.5, 0.6) is 0 Å². The maximum atomic E-state index is 12.1. The lowest BCUT2D eigenvalue weighted by Crippen LogP contribution is -2.37. The number of aromatic nitrogens is 2. The van der Waals surface area contributed by atoms with Gasteiger partial charge in [-0.05, 0) is 19.3 Å². The lowest BCUT2D eigenvalue weighted by Gasteiger charge is -2.25. The largest absolute Gasteiger partial charge is 0.353 e. The van der Waals surface area contributed by atoms with Crippen molar-refractivity contribution in [3.63, 3.8) is 0 Å². The second kappa shape index (κ2) is 17.5. The van der Waals surface area contributed by atoms with Crippen molar-refractivity contribution < 1.29 is 9.53 Å². The molecule has 1 aromatic rings. The zero-order valence-electron chi connectivity index (χ0n) is 22.3. The minimum Gasteiger partial charge on any atom is -0.353 e. The van der Waals surface area contributed by atoms with Gasteiger partial charge in [-0.15, -0.1) is 0 Å². The topological polar surface area (TPSA) is 84.4 Å². The van der Waals surface area contributed by atoms with Crippen LogP contribution in [-0.2, 0) is 9.53 Å². The SMILES string of the molecule is CCCCCCCCCCCCCCCCCN(CC1CCC(n2ccc(=O)[nH]c2=O)O1)C(C)=O. The number of nitrogens with one attached hydrogen (secondary N) is 1. The van der Waals surface area contributed by atoms with Crippen LogP contribution in [0.1, 0.15) is 129 Å². The standard InChI is InChI=1S/C28H49N3O4/c1-3-4-5-6-7-8-9-10-11-12-13-14-15-16-17-21-30(24(2)32)23-25-18-19-27(35-25)31-22-20-26(33)29-28(31)34/h20,22,25,27H,3-19,21,23H2,1-2H3,(H,29,33,34). The van der Waals surface area contributed by atoms with E-state index in [1.807, 2.05) is 4.90 Å². The van der Waals surface area contributed by atoms with Gasteiger partial charge < -0.3 is 9.64 Å². The molecule has 1 saturated heterocycles. The third-order valence-corrected chi connectivity index (χ3v) is 7.15. The highest BCUT2D eigenvalue weighted by molar-refractivity contribution is 5.73. The molecule has 2 unspecified atom stereocenters. The lowest BCUT2D eigenvalue weighted by atomic mass is 10.0. The molecule has 7 nitrogen and oxygen atoms in total. The lowest BCUT2D eigenvalue weighted by molar-refractivity contribution is -0.131. The van der Waals surface area contributed by atoms with Gasteiger partial charge in [-0.2, -0.15) is 0 Å². The van der Waals surface area contributed by atoms with E-state index in [9.17, 15) is 14.4 Å². The molecule has 0 aliphatic carbocycles. The predicted octanol–water partition coefficient (Wildman–Crippen LogP) is 5.93. The Balaban J connectivity index is 1.50. The van der Waals surface area contributed by atoms with E-state index in [-0.39, 0.29) is 18.2 Å². The van der Waals surface area contributed by atoms with Gasteiger partial charge in [0.1, 0.15) is 6.23 Å². The summed E-state index contributed by atoms with van der Waals surface area (Å²) in [5.41, 5.74) is -0.864. The van der Waals surface area contributed by atoms with Crippen molar-refractivity contribution in [3.05, 3.63) is 33.1 Å². The molecule has 0 saturated carbocycles. The van der Waals surface area contributed by atoms with Crippen molar-refractivity contribution >= 4 is 5.91 Å². The number of hydrogen-bond acceptors (Lipinski definition) is 4. The Kier molecular flexibility index (Phi) is 14.7. The van der Waals surface area contributed by atoms with Gasteiger partial charge in [-0.3, -0.25) is 19.1 Å². The number of amides is 1. The number of rotatable bonds is 19. The van der Waals surface area contributed by atoms with E-state index in [2.05, 4.69) is 11.9 Å². The molecule has 1 fully saturated rings. The van der Waals surface area contributed by atoms with Crippen molar-refractivity contribution in [2.45, 2.75) is 135 Å².